The summed E-state index contributed by atoms with van der Waals surface area (Å²) in [6.45, 7) is 7.90. The number of hydrogen-bond donors (Lipinski definition) is 0. The highest BCUT2D eigenvalue weighted by Gasteiger charge is 2.24. The summed E-state index contributed by atoms with van der Waals surface area (Å²) < 4.78 is 10.2. The highest BCUT2D eigenvalue weighted by atomic mass is 16.5. The Morgan fingerprint density at radius 2 is 1.87 bits per heavy atom. The van der Waals surface area contributed by atoms with Crippen LogP contribution in [-0.2, 0) is 6.54 Å². The fraction of sp³-hybridized carbons (Fsp3) is 0.615. The number of fused-ring (bicyclic) bond motifs is 3. The number of rotatable bonds is 9. The van der Waals surface area contributed by atoms with E-state index in [0.717, 1.165) is 65.5 Å². The van der Waals surface area contributed by atoms with Crippen molar-refractivity contribution in [1.29, 1.82) is 0 Å². The molecule has 1 fully saturated rings. The first-order valence-corrected chi connectivity index (χ1v) is 12.3. The van der Waals surface area contributed by atoms with Crippen LogP contribution in [0.25, 0.3) is 21.9 Å². The molecule has 1 saturated carbocycles. The van der Waals surface area contributed by atoms with E-state index in [9.17, 15) is 4.79 Å². The van der Waals surface area contributed by atoms with Crippen molar-refractivity contribution in [2.75, 3.05) is 6.61 Å². The van der Waals surface area contributed by atoms with Gasteiger partial charge in [-0.15, -0.1) is 0 Å². The van der Waals surface area contributed by atoms with Gasteiger partial charge in [0.1, 0.15) is 11.3 Å². The first-order valence-electron chi connectivity index (χ1n) is 12.3. The number of nitrogens with zero attached hydrogens (tertiary/aromatic N) is 3. The van der Waals surface area contributed by atoms with Crippen LogP contribution in [-0.4, -0.2) is 20.7 Å². The van der Waals surface area contributed by atoms with Gasteiger partial charge in [-0.25, -0.2) is 9.78 Å². The lowest BCUT2D eigenvalue weighted by molar-refractivity contribution is 0.308. The second-order valence-corrected chi connectivity index (χ2v) is 9.16. The number of aromatic nitrogens is 3. The van der Waals surface area contributed by atoms with Crippen molar-refractivity contribution in [3.05, 3.63) is 34.4 Å². The van der Waals surface area contributed by atoms with Crippen LogP contribution in [0.4, 0.5) is 0 Å². The molecule has 0 spiro atoms. The maximum absolute atomic E-state index is 13.5. The summed E-state index contributed by atoms with van der Waals surface area (Å²) in [5.41, 5.74) is 4.17. The number of ether oxygens (including phenoxy) is 1. The molecule has 5 nitrogen and oxygen atoms in total. The average Bonchev–Trinajstić information content (AvgIpc) is 3.06. The van der Waals surface area contributed by atoms with Gasteiger partial charge in [0.2, 0.25) is 0 Å². The minimum Gasteiger partial charge on any atom is -0.491 e. The summed E-state index contributed by atoms with van der Waals surface area (Å²) in [5.74, 6) is 0.847. The number of aryl methyl sites for hydroxylation is 2. The third kappa shape index (κ3) is 4.37. The van der Waals surface area contributed by atoms with Crippen molar-refractivity contribution in [2.24, 2.45) is 0 Å². The van der Waals surface area contributed by atoms with Crippen molar-refractivity contribution in [3.63, 3.8) is 0 Å². The van der Waals surface area contributed by atoms with Gasteiger partial charge in [0.05, 0.1) is 23.8 Å². The molecule has 1 aromatic carbocycles. The lowest BCUT2D eigenvalue weighted by atomic mass is 9.95. The topological polar surface area (TPSA) is 49.1 Å². The smallest absolute Gasteiger partial charge is 0.329 e. The summed E-state index contributed by atoms with van der Waals surface area (Å²) in [7, 11) is 0. The van der Waals surface area contributed by atoms with Crippen molar-refractivity contribution in [2.45, 2.75) is 97.6 Å². The molecule has 5 heteroatoms. The molecule has 1 aliphatic carbocycles. The first kappa shape index (κ1) is 21.9. The predicted molar refractivity (Wildman–Crippen MR) is 128 cm³/mol. The summed E-state index contributed by atoms with van der Waals surface area (Å²) in [6.07, 6.45) is 13.4. The van der Waals surface area contributed by atoms with Gasteiger partial charge in [0.25, 0.3) is 0 Å². The first-order chi connectivity index (χ1) is 15.2. The van der Waals surface area contributed by atoms with Crippen LogP contribution in [0.2, 0.25) is 0 Å². The van der Waals surface area contributed by atoms with Crippen LogP contribution in [0.15, 0.2) is 23.1 Å². The monoisotopic (exact) mass is 423 g/mol. The maximum atomic E-state index is 13.5. The molecule has 2 aromatic heterocycles. The van der Waals surface area contributed by atoms with Gasteiger partial charge in [-0.2, -0.15) is 0 Å². The molecule has 0 atom stereocenters. The molecular weight excluding hydrogens is 386 g/mol. The maximum Gasteiger partial charge on any atom is 0.329 e. The molecule has 0 unspecified atom stereocenters. The molecule has 2 heterocycles. The fourth-order valence-electron chi connectivity index (χ4n) is 5.10. The molecule has 168 valence electrons. The molecule has 0 bridgehead atoms. The minimum atomic E-state index is 0.126. The zero-order valence-corrected chi connectivity index (χ0v) is 19.5. The van der Waals surface area contributed by atoms with Crippen LogP contribution in [0.5, 0.6) is 5.75 Å². The number of imidazole rings is 1. The Hall–Kier alpha value is -2.30. The summed E-state index contributed by atoms with van der Waals surface area (Å²) >= 11 is 0. The summed E-state index contributed by atoms with van der Waals surface area (Å²) in [6, 6.07) is 4.56. The number of unbranched alkanes of at least 4 members (excludes halogenated alkanes) is 3. The lowest BCUT2D eigenvalue weighted by Crippen LogP contribution is -2.28. The van der Waals surface area contributed by atoms with E-state index < -0.39 is 0 Å². The van der Waals surface area contributed by atoms with Gasteiger partial charge >= 0.3 is 5.69 Å². The molecule has 0 radical (unpaired) electrons. The SMILES string of the molecule is CCCCCCOc1cc(C)cc2c1ncc1c2n(C2CCCCC2)c(=O)n1CCC. The number of pyridine rings is 1. The van der Waals surface area contributed by atoms with E-state index in [1.54, 1.807) is 0 Å². The van der Waals surface area contributed by atoms with Gasteiger partial charge in [-0.05, 0) is 50.3 Å². The van der Waals surface area contributed by atoms with E-state index in [4.69, 9.17) is 9.72 Å². The van der Waals surface area contributed by atoms with Gasteiger partial charge in [0, 0.05) is 18.0 Å². The van der Waals surface area contributed by atoms with Crippen LogP contribution in [0.3, 0.4) is 0 Å². The third-order valence-electron chi connectivity index (χ3n) is 6.64. The standard InChI is InChI=1S/C26H37N3O2/c1-4-6-7-11-15-31-23-17-19(3)16-21-24(23)27-18-22-25(21)29(20-12-9-8-10-13-20)26(30)28(22)14-5-2/h16-18,20H,4-15H2,1-3H3. The largest absolute Gasteiger partial charge is 0.491 e. The average molecular weight is 424 g/mol. The Morgan fingerprint density at radius 1 is 1.06 bits per heavy atom. The molecule has 0 aliphatic heterocycles. The van der Waals surface area contributed by atoms with Gasteiger partial charge < -0.3 is 4.74 Å². The quantitative estimate of drug-likeness (QED) is 0.367. The normalized spacial score (nSPS) is 15.2. The van der Waals surface area contributed by atoms with Gasteiger partial charge in [-0.1, -0.05) is 52.4 Å². The fourth-order valence-corrected chi connectivity index (χ4v) is 5.10. The minimum absolute atomic E-state index is 0.126. The predicted octanol–water partition coefficient (Wildman–Crippen LogP) is 6.53. The third-order valence-corrected chi connectivity index (χ3v) is 6.64. The van der Waals surface area contributed by atoms with E-state index in [0.29, 0.717) is 6.61 Å². The highest BCUT2D eigenvalue weighted by molar-refractivity contribution is 6.04. The summed E-state index contributed by atoms with van der Waals surface area (Å²) in [4.78, 5) is 18.3. The Morgan fingerprint density at radius 3 is 2.61 bits per heavy atom. The lowest BCUT2D eigenvalue weighted by Gasteiger charge is -2.23. The highest BCUT2D eigenvalue weighted by Crippen LogP contribution is 2.35. The summed E-state index contributed by atoms with van der Waals surface area (Å²) in [5, 5.41) is 1.05. The molecule has 0 N–H and O–H groups in total. The second kappa shape index (κ2) is 9.88. The van der Waals surface area contributed by atoms with E-state index in [2.05, 4.69) is 37.5 Å². The number of hydrogen-bond acceptors (Lipinski definition) is 3. The Labute approximate surface area is 185 Å². The van der Waals surface area contributed by atoms with Gasteiger partial charge in [-0.3, -0.25) is 9.13 Å². The van der Waals surface area contributed by atoms with Crippen LogP contribution in [0.1, 0.15) is 89.7 Å². The van der Waals surface area contributed by atoms with Crippen molar-refractivity contribution in [3.8, 4) is 5.75 Å². The molecule has 1 aliphatic rings. The molecular formula is C26H37N3O2. The number of benzene rings is 1. The Bertz CT molecular complexity index is 1090. The van der Waals surface area contributed by atoms with E-state index in [1.807, 2.05) is 10.8 Å². The molecule has 31 heavy (non-hydrogen) atoms. The van der Waals surface area contributed by atoms with Crippen LogP contribution < -0.4 is 10.4 Å². The van der Waals surface area contributed by atoms with E-state index >= 15 is 0 Å². The molecule has 4 rings (SSSR count). The molecule has 3 aromatic rings. The van der Waals surface area contributed by atoms with Crippen molar-refractivity contribution < 1.29 is 4.74 Å². The van der Waals surface area contributed by atoms with E-state index in [1.165, 1.54) is 38.5 Å². The molecule has 0 saturated heterocycles. The van der Waals surface area contributed by atoms with Crippen molar-refractivity contribution >= 4 is 21.9 Å². The molecule has 0 amide bonds. The second-order valence-electron chi connectivity index (χ2n) is 9.16. The van der Waals surface area contributed by atoms with Crippen LogP contribution >= 0.6 is 0 Å². The van der Waals surface area contributed by atoms with Gasteiger partial charge in [0.15, 0.2) is 0 Å². The zero-order chi connectivity index (χ0) is 21.8. The Balaban J connectivity index is 1.85. The van der Waals surface area contributed by atoms with Crippen molar-refractivity contribution in [1.82, 2.24) is 14.1 Å². The van der Waals surface area contributed by atoms with Crippen LogP contribution in [0, 0.1) is 6.92 Å². The Kier molecular flexibility index (Phi) is 6.99. The zero-order valence-electron chi connectivity index (χ0n) is 19.5. The van der Waals surface area contributed by atoms with E-state index in [-0.39, 0.29) is 11.7 Å².